The van der Waals surface area contributed by atoms with Crippen LogP contribution < -0.4 is 10.4 Å². The molecule has 0 fully saturated rings. The molecule has 0 radical (unpaired) electrons. The fourth-order valence-corrected chi connectivity index (χ4v) is 7.80. The van der Waals surface area contributed by atoms with Gasteiger partial charge in [-0.15, -0.1) is 0 Å². The van der Waals surface area contributed by atoms with E-state index in [4.69, 9.17) is 4.42 Å². The van der Waals surface area contributed by atoms with Crippen molar-refractivity contribution in [2.75, 3.05) is 0 Å². The Labute approximate surface area is 164 Å². The first-order valence-electron chi connectivity index (χ1n) is 9.65. The maximum atomic E-state index is 6.42. The first-order valence-corrected chi connectivity index (χ1v) is 12.7. The molecule has 6 rings (SSSR count). The zero-order valence-corrected chi connectivity index (χ0v) is 16.9. The lowest BCUT2D eigenvalue weighted by atomic mass is 10.0. The third kappa shape index (κ3) is 2.00. The van der Waals surface area contributed by atoms with E-state index in [2.05, 4.69) is 72.7 Å². The van der Waals surface area contributed by atoms with Gasteiger partial charge in [-0.3, -0.25) is 4.98 Å². The third-order valence-corrected chi connectivity index (χ3v) is 9.68. The highest BCUT2D eigenvalue weighted by molar-refractivity contribution is 7.04. The number of pyridine rings is 1. The molecule has 0 aliphatic carbocycles. The first kappa shape index (κ1) is 15.8. The molecule has 3 heterocycles. The zero-order chi connectivity index (χ0) is 18.9. The van der Waals surface area contributed by atoms with Crippen molar-refractivity contribution < 1.29 is 4.42 Å². The van der Waals surface area contributed by atoms with Crippen LogP contribution in [0, 0.1) is 0 Å². The van der Waals surface area contributed by atoms with E-state index < -0.39 is 8.07 Å². The fraction of sp³-hybridized carbons (Fsp3) is 0.0800. The monoisotopic (exact) mass is 377 g/mol. The van der Waals surface area contributed by atoms with Gasteiger partial charge >= 0.3 is 0 Å². The number of nitrogens with zero attached hydrogens (tertiary/aromatic N) is 1. The molecular formula is C25H19NOSi. The molecular weight excluding hydrogens is 358 g/mol. The highest BCUT2D eigenvalue weighted by Crippen LogP contribution is 2.38. The predicted octanol–water partition coefficient (Wildman–Crippen LogP) is 5.45. The van der Waals surface area contributed by atoms with E-state index in [1.807, 2.05) is 24.4 Å². The lowest BCUT2D eigenvalue weighted by Gasteiger charge is -2.18. The van der Waals surface area contributed by atoms with Crippen LogP contribution in [0.4, 0.5) is 0 Å². The van der Waals surface area contributed by atoms with Gasteiger partial charge in [-0.25, -0.2) is 0 Å². The predicted molar refractivity (Wildman–Crippen MR) is 119 cm³/mol. The van der Waals surface area contributed by atoms with Gasteiger partial charge in [-0.2, -0.15) is 0 Å². The number of furan rings is 1. The molecule has 0 bridgehead atoms. The second-order valence-electron chi connectivity index (χ2n) is 8.06. The molecule has 1 aliphatic rings. The van der Waals surface area contributed by atoms with E-state index >= 15 is 0 Å². The molecule has 134 valence electrons. The highest BCUT2D eigenvalue weighted by Gasteiger charge is 2.37. The number of benzene rings is 3. The van der Waals surface area contributed by atoms with Gasteiger partial charge in [-0.05, 0) is 45.8 Å². The SMILES string of the molecule is C[Si]1(C)c2ccccc2-c2cc3oc4c(-c5ccccn5)cccc4c3cc21. The topological polar surface area (TPSA) is 26.0 Å². The smallest absolute Gasteiger partial charge is 0.144 e. The van der Waals surface area contributed by atoms with Gasteiger partial charge in [0, 0.05) is 22.5 Å². The van der Waals surface area contributed by atoms with Gasteiger partial charge < -0.3 is 4.42 Å². The summed E-state index contributed by atoms with van der Waals surface area (Å²) in [5, 5.41) is 5.41. The van der Waals surface area contributed by atoms with Crippen LogP contribution in [0.15, 0.2) is 83.4 Å². The Balaban J connectivity index is 1.69. The van der Waals surface area contributed by atoms with Crippen molar-refractivity contribution in [3.8, 4) is 22.4 Å². The second-order valence-corrected chi connectivity index (χ2v) is 12.4. The zero-order valence-electron chi connectivity index (χ0n) is 15.9. The van der Waals surface area contributed by atoms with Crippen molar-refractivity contribution in [1.82, 2.24) is 4.98 Å². The average molecular weight is 378 g/mol. The molecule has 0 saturated heterocycles. The largest absolute Gasteiger partial charge is 0.455 e. The maximum absolute atomic E-state index is 6.42. The summed E-state index contributed by atoms with van der Waals surface area (Å²) in [5.41, 5.74) is 6.59. The van der Waals surface area contributed by atoms with Crippen LogP contribution in [0.25, 0.3) is 44.3 Å². The van der Waals surface area contributed by atoms with Gasteiger partial charge in [0.05, 0.1) is 5.69 Å². The summed E-state index contributed by atoms with van der Waals surface area (Å²) in [6.07, 6.45) is 1.83. The summed E-state index contributed by atoms with van der Waals surface area (Å²) in [5.74, 6) is 0. The standard InChI is InChI=1S/C25H19NOSi/c1-28(2)23-12-4-3-8-16(23)20-14-22-19(15-24(20)28)17-9-7-10-18(25(17)27-22)21-11-5-6-13-26-21/h3-15H,1-2H3. The van der Waals surface area contributed by atoms with Gasteiger partial charge in [0.25, 0.3) is 0 Å². The number of fused-ring (bicyclic) bond motifs is 6. The normalized spacial score (nSPS) is 14.4. The first-order chi connectivity index (χ1) is 13.6. The molecule has 2 nitrogen and oxygen atoms in total. The van der Waals surface area contributed by atoms with Crippen LogP contribution in [-0.4, -0.2) is 13.1 Å². The summed E-state index contributed by atoms with van der Waals surface area (Å²) >= 11 is 0. The van der Waals surface area contributed by atoms with Crippen LogP contribution in [0.3, 0.4) is 0 Å². The van der Waals surface area contributed by atoms with Gasteiger partial charge in [0.15, 0.2) is 0 Å². The average Bonchev–Trinajstić information content (AvgIpc) is 3.20. The van der Waals surface area contributed by atoms with Crippen molar-refractivity contribution in [3.05, 3.63) is 79.0 Å². The summed E-state index contributed by atoms with van der Waals surface area (Å²) in [7, 11) is -1.69. The number of para-hydroxylation sites is 1. The van der Waals surface area contributed by atoms with Crippen molar-refractivity contribution in [3.63, 3.8) is 0 Å². The van der Waals surface area contributed by atoms with Crippen LogP contribution in [0.5, 0.6) is 0 Å². The number of rotatable bonds is 1. The number of hydrogen-bond donors (Lipinski definition) is 0. The number of hydrogen-bond acceptors (Lipinski definition) is 2. The van der Waals surface area contributed by atoms with Crippen LogP contribution in [0.2, 0.25) is 13.1 Å². The molecule has 0 amide bonds. The Bertz CT molecular complexity index is 1380. The van der Waals surface area contributed by atoms with Crippen LogP contribution >= 0.6 is 0 Å². The van der Waals surface area contributed by atoms with Crippen LogP contribution in [0.1, 0.15) is 0 Å². The minimum atomic E-state index is -1.69. The Kier molecular flexibility index (Phi) is 3.07. The Morgan fingerprint density at radius 2 is 1.54 bits per heavy atom. The minimum Gasteiger partial charge on any atom is -0.455 e. The Morgan fingerprint density at radius 3 is 2.39 bits per heavy atom. The second kappa shape index (κ2) is 5.43. The van der Waals surface area contributed by atoms with Gasteiger partial charge in [0.2, 0.25) is 0 Å². The molecule has 28 heavy (non-hydrogen) atoms. The van der Waals surface area contributed by atoms with E-state index in [9.17, 15) is 0 Å². The Morgan fingerprint density at radius 1 is 0.714 bits per heavy atom. The number of aromatic nitrogens is 1. The summed E-state index contributed by atoms with van der Waals surface area (Å²) in [4.78, 5) is 4.53. The maximum Gasteiger partial charge on any atom is 0.144 e. The molecule has 1 aliphatic heterocycles. The third-order valence-electron chi connectivity index (χ3n) is 6.14. The minimum absolute atomic E-state index is 0.924. The molecule has 3 aromatic carbocycles. The van der Waals surface area contributed by atoms with E-state index in [-0.39, 0.29) is 0 Å². The molecule has 0 saturated carbocycles. The molecule has 0 spiro atoms. The lowest BCUT2D eigenvalue weighted by molar-refractivity contribution is 0.670. The highest BCUT2D eigenvalue weighted by atomic mass is 28.3. The van der Waals surface area contributed by atoms with Crippen LogP contribution in [-0.2, 0) is 0 Å². The summed E-state index contributed by atoms with van der Waals surface area (Å²) in [6.45, 7) is 4.90. The lowest BCUT2D eigenvalue weighted by Crippen LogP contribution is -2.49. The molecule has 3 heteroatoms. The quantitative estimate of drug-likeness (QED) is 0.363. The molecule has 0 unspecified atom stereocenters. The van der Waals surface area contributed by atoms with Crippen molar-refractivity contribution in [2.45, 2.75) is 13.1 Å². The van der Waals surface area contributed by atoms with E-state index in [1.165, 1.54) is 32.3 Å². The van der Waals surface area contributed by atoms with Gasteiger partial charge in [0.1, 0.15) is 19.2 Å². The summed E-state index contributed by atoms with van der Waals surface area (Å²) < 4.78 is 6.42. The van der Waals surface area contributed by atoms with E-state index in [0.29, 0.717) is 0 Å². The van der Waals surface area contributed by atoms with Crippen molar-refractivity contribution >= 4 is 40.4 Å². The molecule has 0 N–H and O–H groups in total. The molecule has 5 aromatic rings. The van der Waals surface area contributed by atoms with Gasteiger partial charge in [-0.1, -0.05) is 61.6 Å². The van der Waals surface area contributed by atoms with E-state index in [0.717, 1.165) is 22.4 Å². The Hall–Kier alpha value is -3.17. The van der Waals surface area contributed by atoms with E-state index in [1.54, 1.807) is 0 Å². The van der Waals surface area contributed by atoms with Crippen molar-refractivity contribution in [2.24, 2.45) is 0 Å². The van der Waals surface area contributed by atoms with Crippen molar-refractivity contribution in [1.29, 1.82) is 0 Å². The molecule has 0 atom stereocenters. The summed E-state index contributed by atoms with van der Waals surface area (Å²) in [6, 6.07) is 25.9. The fourth-order valence-electron chi connectivity index (χ4n) is 4.72. The molecule has 2 aromatic heterocycles.